The first-order valence-electron chi connectivity index (χ1n) is 5.61. The van der Waals surface area contributed by atoms with Gasteiger partial charge in [-0.05, 0) is 26.7 Å². The van der Waals surface area contributed by atoms with Crippen LogP contribution >= 0.6 is 0 Å². The molecule has 1 fully saturated rings. The molecule has 0 bridgehead atoms. The summed E-state index contributed by atoms with van der Waals surface area (Å²) in [7, 11) is 0. The minimum absolute atomic E-state index is 0.0605. The molecule has 0 N–H and O–H groups in total. The van der Waals surface area contributed by atoms with Crippen LogP contribution in [0.15, 0.2) is 23.8 Å². The van der Waals surface area contributed by atoms with E-state index in [0.29, 0.717) is 11.8 Å². The monoisotopic (exact) mass is 205 g/mol. The summed E-state index contributed by atoms with van der Waals surface area (Å²) in [6.07, 6.45) is 6.19. The molecule has 0 aromatic heterocycles. The predicted octanol–water partition coefficient (Wildman–Crippen LogP) is 2.38. The summed E-state index contributed by atoms with van der Waals surface area (Å²) in [4.78, 5) is 14.1. The van der Waals surface area contributed by atoms with Gasteiger partial charge in [-0.25, -0.2) is 0 Å². The van der Waals surface area contributed by atoms with Crippen LogP contribution in [-0.4, -0.2) is 22.9 Å². The molecule has 2 aliphatic rings. The SMILES string of the molecule is CC1C=CC=C2C(=O)N(C(C)(C)C)CC21. The Balaban J connectivity index is 2.30. The average molecular weight is 205 g/mol. The second kappa shape index (κ2) is 3.22. The van der Waals surface area contributed by atoms with Crippen molar-refractivity contribution in [3.05, 3.63) is 23.8 Å². The Morgan fingerprint density at radius 3 is 2.60 bits per heavy atom. The highest BCUT2D eigenvalue weighted by Crippen LogP contribution is 2.36. The third kappa shape index (κ3) is 1.62. The van der Waals surface area contributed by atoms with Gasteiger partial charge in [-0.1, -0.05) is 25.2 Å². The fourth-order valence-electron chi connectivity index (χ4n) is 2.38. The molecule has 0 aromatic rings. The number of amides is 1. The highest BCUT2D eigenvalue weighted by atomic mass is 16.2. The van der Waals surface area contributed by atoms with Crippen LogP contribution in [0.2, 0.25) is 0 Å². The van der Waals surface area contributed by atoms with Crippen LogP contribution in [0, 0.1) is 11.8 Å². The highest BCUT2D eigenvalue weighted by molar-refractivity contribution is 5.97. The zero-order chi connectivity index (χ0) is 11.2. The Bertz CT molecular complexity index is 346. The van der Waals surface area contributed by atoms with Crippen LogP contribution in [0.1, 0.15) is 27.7 Å². The lowest BCUT2D eigenvalue weighted by atomic mass is 9.85. The number of carbonyl (C=O) groups is 1. The quantitative estimate of drug-likeness (QED) is 0.594. The third-order valence-electron chi connectivity index (χ3n) is 3.41. The lowest BCUT2D eigenvalue weighted by Crippen LogP contribution is -2.42. The van der Waals surface area contributed by atoms with Gasteiger partial charge < -0.3 is 4.90 Å². The van der Waals surface area contributed by atoms with Crippen LogP contribution in [0.5, 0.6) is 0 Å². The fourth-order valence-corrected chi connectivity index (χ4v) is 2.38. The molecule has 1 saturated heterocycles. The molecular weight excluding hydrogens is 186 g/mol. The van der Waals surface area contributed by atoms with Gasteiger partial charge in [0, 0.05) is 23.6 Å². The standard InChI is InChI=1S/C13H19NO/c1-9-6-5-7-10-11(9)8-14(12(10)15)13(2,3)4/h5-7,9,11H,8H2,1-4H3. The minimum Gasteiger partial charge on any atom is -0.333 e. The zero-order valence-corrected chi connectivity index (χ0v) is 9.95. The second-order valence-corrected chi connectivity index (χ2v) is 5.56. The summed E-state index contributed by atoms with van der Waals surface area (Å²) in [5.74, 6) is 1.12. The normalized spacial score (nSPS) is 30.5. The maximum Gasteiger partial charge on any atom is 0.250 e. The van der Waals surface area contributed by atoms with E-state index < -0.39 is 0 Å². The van der Waals surface area contributed by atoms with E-state index >= 15 is 0 Å². The Morgan fingerprint density at radius 1 is 1.40 bits per heavy atom. The van der Waals surface area contributed by atoms with E-state index in [1.165, 1.54) is 0 Å². The van der Waals surface area contributed by atoms with Crippen molar-refractivity contribution in [3.63, 3.8) is 0 Å². The molecule has 2 nitrogen and oxygen atoms in total. The lowest BCUT2D eigenvalue weighted by Gasteiger charge is -2.32. The number of fused-ring (bicyclic) bond motifs is 1. The number of allylic oxidation sites excluding steroid dienone is 3. The summed E-state index contributed by atoms with van der Waals surface area (Å²) in [5.41, 5.74) is 0.939. The van der Waals surface area contributed by atoms with Crippen molar-refractivity contribution in [2.75, 3.05) is 6.54 Å². The van der Waals surface area contributed by atoms with E-state index in [-0.39, 0.29) is 11.4 Å². The molecule has 2 atom stereocenters. The summed E-state index contributed by atoms with van der Waals surface area (Å²) in [5, 5.41) is 0. The summed E-state index contributed by atoms with van der Waals surface area (Å²) in [6, 6.07) is 0. The number of hydrogen-bond acceptors (Lipinski definition) is 1. The second-order valence-electron chi connectivity index (χ2n) is 5.56. The van der Waals surface area contributed by atoms with E-state index in [1.54, 1.807) is 0 Å². The lowest BCUT2D eigenvalue weighted by molar-refractivity contribution is -0.128. The van der Waals surface area contributed by atoms with Crippen molar-refractivity contribution in [2.45, 2.75) is 33.2 Å². The van der Waals surface area contributed by atoms with Gasteiger partial charge in [-0.15, -0.1) is 0 Å². The summed E-state index contributed by atoms with van der Waals surface area (Å²) < 4.78 is 0. The Hall–Kier alpha value is -1.05. The Labute approximate surface area is 91.6 Å². The molecule has 2 rings (SSSR count). The van der Waals surface area contributed by atoms with Gasteiger partial charge in [0.1, 0.15) is 0 Å². The van der Waals surface area contributed by atoms with Gasteiger partial charge in [0.25, 0.3) is 5.91 Å². The summed E-state index contributed by atoms with van der Waals surface area (Å²) >= 11 is 0. The van der Waals surface area contributed by atoms with Gasteiger partial charge in [0.15, 0.2) is 0 Å². The molecule has 1 aliphatic heterocycles. The highest BCUT2D eigenvalue weighted by Gasteiger charge is 2.42. The first-order valence-corrected chi connectivity index (χ1v) is 5.61. The van der Waals surface area contributed by atoms with E-state index in [9.17, 15) is 4.79 Å². The van der Waals surface area contributed by atoms with Crippen LogP contribution in [0.4, 0.5) is 0 Å². The molecule has 0 radical (unpaired) electrons. The van der Waals surface area contributed by atoms with E-state index in [2.05, 4.69) is 33.8 Å². The van der Waals surface area contributed by atoms with Crippen molar-refractivity contribution in [3.8, 4) is 0 Å². The van der Waals surface area contributed by atoms with Gasteiger partial charge in [0.2, 0.25) is 0 Å². The predicted molar refractivity (Wildman–Crippen MR) is 61.3 cm³/mol. The van der Waals surface area contributed by atoms with Crippen molar-refractivity contribution < 1.29 is 4.79 Å². The number of nitrogens with zero attached hydrogens (tertiary/aromatic N) is 1. The first-order chi connectivity index (χ1) is 6.91. The third-order valence-corrected chi connectivity index (χ3v) is 3.41. The molecule has 2 unspecified atom stereocenters. The van der Waals surface area contributed by atoms with Crippen molar-refractivity contribution in [1.29, 1.82) is 0 Å². The maximum atomic E-state index is 12.2. The van der Waals surface area contributed by atoms with Gasteiger partial charge in [-0.2, -0.15) is 0 Å². The first kappa shape index (κ1) is 10.5. The smallest absolute Gasteiger partial charge is 0.250 e. The molecule has 0 aromatic carbocycles. The van der Waals surface area contributed by atoms with Crippen LogP contribution in [0.3, 0.4) is 0 Å². The van der Waals surface area contributed by atoms with E-state index in [1.807, 2.05) is 17.1 Å². The van der Waals surface area contributed by atoms with Gasteiger partial charge in [0.05, 0.1) is 0 Å². The van der Waals surface area contributed by atoms with Crippen LogP contribution < -0.4 is 0 Å². The molecular formula is C13H19NO. The van der Waals surface area contributed by atoms with E-state index in [4.69, 9.17) is 0 Å². The number of carbonyl (C=O) groups excluding carboxylic acids is 1. The molecule has 1 aliphatic carbocycles. The molecule has 82 valence electrons. The molecule has 0 spiro atoms. The molecule has 15 heavy (non-hydrogen) atoms. The Kier molecular flexibility index (Phi) is 2.25. The topological polar surface area (TPSA) is 20.3 Å². The molecule has 1 amide bonds. The zero-order valence-electron chi connectivity index (χ0n) is 9.95. The number of likely N-dealkylation sites (tertiary alicyclic amines) is 1. The van der Waals surface area contributed by atoms with Gasteiger partial charge >= 0.3 is 0 Å². The maximum absolute atomic E-state index is 12.2. The molecule has 2 heteroatoms. The van der Waals surface area contributed by atoms with Crippen LogP contribution in [-0.2, 0) is 4.79 Å². The van der Waals surface area contributed by atoms with Gasteiger partial charge in [-0.3, -0.25) is 4.79 Å². The fraction of sp³-hybridized carbons (Fsp3) is 0.615. The number of hydrogen-bond donors (Lipinski definition) is 0. The Morgan fingerprint density at radius 2 is 2.07 bits per heavy atom. The summed E-state index contributed by atoms with van der Waals surface area (Å²) in [6.45, 7) is 9.36. The van der Waals surface area contributed by atoms with Crippen LogP contribution in [0.25, 0.3) is 0 Å². The minimum atomic E-state index is -0.0605. The molecule has 0 saturated carbocycles. The molecule has 1 heterocycles. The van der Waals surface area contributed by atoms with Crippen molar-refractivity contribution in [1.82, 2.24) is 4.90 Å². The largest absolute Gasteiger partial charge is 0.333 e. The van der Waals surface area contributed by atoms with Crippen molar-refractivity contribution in [2.24, 2.45) is 11.8 Å². The van der Waals surface area contributed by atoms with Crippen molar-refractivity contribution >= 4 is 5.91 Å². The number of rotatable bonds is 0. The average Bonchev–Trinajstić information content (AvgIpc) is 2.45. The van der Waals surface area contributed by atoms with E-state index in [0.717, 1.165) is 12.1 Å².